The molecule has 3 saturated heterocycles. The summed E-state index contributed by atoms with van der Waals surface area (Å²) < 4.78 is 5.13. The van der Waals surface area contributed by atoms with Crippen molar-refractivity contribution in [2.24, 2.45) is 0 Å². The third kappa shape index (κ3) is 3.92. The van der Waals surface area contributed by atoms with Crippen molar-refractivity contribution < 1.29 is 14.3 Å². The molecule has 25 heavy (non-hydrogen) atoms. The van der Waals surface area contributed by atoms with E-state index in [9.17, 15) is 9.59 Å². The molecule has 7 heteroatoms. The molecule has 0 aromatic heterocycles. The Morgan fingerprint density at radius 2 is 1.84 bits per heavy atom. The van der Waals surface area contributed by atoms with E-state index in [0.717, 1.165) is 65.0 Å². The quantitative estimate of drug-likeness (QED) is 0.756. The summed E-state index contributed by atoms with van der Waals surface area (Å²) in [5.41, 5.74) is -0.0783. The Morgan fingerprint density at radius 1 is 1.08 bits per heavy atom. The average molecular weight is 352 g/mol. The van der Waals surface area contributed by atoms with Crippen LogP contribution in [0.25, 0.3) is 0 Å². The minimum absolute atomic E-state index is 0.0783. The topological polar surface area (TPSA) is 56.3 Å². The maximum atomic E-state index is 12.8. The molecule has 3 heterocycles. The van der Waals surface area contributed by atoms with Crippen molar-refractivity contribution in [3.05, 3.63) is 0 Å². The van der Waals surface area contributed by atoms with E-state index < -0.39 is 0 Å². The number of rotatable bonds is 3. The first kappa shape index (κ1) is 18.5. The Kier molecular flexibility index (Phi) is 5.84. The summed E-state index contributed by atoms with van der Waals surface area (Å²) in [5.74, 6) is 0.213. The SMILES string of the molecule is COCCN1CCC2(CCC1=O)CN(C(=O)N1CCCC1)CCN2C. The largest absolute Gasteiger partial charge is 0.383 e. The lowest BCUT2D eigenvalue weighted by atomic mass is 9.86. The molecule has 142 valence electrons. The molecule has 0 bridgehead atoms. The maximum Gasteiger partial charge on any atom is 0.320 e. The number of hydrogen-bond donors (Lipinski definition) is 0. The van der Waals surface area contributed by atoms with Gasteiger partial charge in [-0.25, -0.2) is 4.79 Å². The van der Waals surface area contributed by atoms with Gasteiger partial charge in [-0.2, -0.15) is 0 Å². The molecule has 1 unspecified atom stereocenters. The van der Waals surface area contributed by atoms with E-state index in [-0.39, 0.29) is 17.5 Å². The zero-order valence-electron chi connectivity index (χ0n) is 15.7. The fourth-order valence-corrected chi connectivity index (χ4v) is 4.40. The van der Waals surface area contributed by atoms with Gasteiger partial charge in [0.15, 0.2) is 0 Å². The minimum Gasteiger partial charge on any atom is -0.383 e. The van der Waals surface area contributed by atoms with Crippen LogP contribution in [0.2, 0.25) is 0 Å². The van der Waals surface area contributed by atoms with Crippen molar-refractivity contribution >= 4 is 11.9 Å². The number of nitrogens with zero attached hydrogens (tertiary/aromatic N) is 4. The molecular weight excluding hydrogens is 320 g/mol. The van der Waals surface area contributed by atoms with Gasteiger partial charge in [-0.05, 0) is 32.7 Å². The number of carbonyl (C=O) groups is 2. The Balaban J connectivity index is 1.67. The summed E-state index contributed by atoms with van der Waals surface area (Å²) in [6.07, 6.45) is 4.54. The van der Waals surface area contributed by atoms with Crippen LogP contribution in [0.4, 0.5) is 4.79 Å². The van der Waals surface area contributed by atoms with Crippen LogP contribution in [-0.2, 0) is 9.53 Å². The second-order valence-electron chi connectivity index (χ2n) is 7.67. The number of ether oxygens (including phenoxy) is 1. The van der Waals surface area contributed by atoms with Crippen LogP contribution in [0.15, 0.2) is 0 Å². The number of likely N-dealkylation sites (N-methyl/N-ethyl adjacent to an activating group) is 1. The summed E-state index contributed by atoms with van der Waals surface area (Å²) in [4.78, 5) is 33.6. The van der Waals surface area contributed by atoms with E-state index in [0.29, 0.717) is 19.6 Å². The monoisotopic (exact) mass is 352 g/mol. The number of carbonyl (C=O) groups excluding carboxylic acids is 2. The second kappa shape index (κ2) is 7.91. The first-order valence-electron chi connectivity index (χ1n) is 9.57. The standard InChI is InChI=1S/C18H32N4O3/c1-19-11-12-22(17(24)21-8-3-4-9-21)15-18(19)6-5-16(23)20(10-7-18)13-14-25-2/h3-15H2,1-2H3. The first-order chi connectivity index (χ1) is 12.1. The van der Waals surface area contributed by atoms with Gasteiger partial charge in [0.2, 0.25) is 5.91 Å². The van der Waals surface area contributed by atoms with Gasteiger partial charge >= 0.3 is 6.03 Å². The predicted octanol–water partition coefficient (Wildman–Crippen LogP) is 0.847. The van der Waals surface area contributed by atoms with Crippen molar-refractivity contribution in [1.29, 1.82) is 0 Å². The van der Waals surface area contributed by atoms with Crippen LogP contribution in [0.1, 0.15) is 32.1 Å². The molecule has 0 saturated carbocycles. The van der Waals surface area contributed by atoms with Crippen LogP contribution < -0.4 is 0 Å². The Labute approximate surface area is 150 Å². The highest BCUT2D eigenvalue weighted by Gasteiger charge is 2.44. The molecule has 0 radical (unpaired) electrons. The zero-order chi connectivity index (χ0) is 17.9. The van der Waals surface area contributed by atoms with Crippen LogP contribution in [0, 0.1) is 0 Å². The molecule has 0 aliphatic carbocycles. The highest BCUT2D eigenvalue weighted by Crippen LogP contribution is 2.32. The summed E-state index contributed by atoms with van der Waals surface area (Å²) in [7, 11) is 3.81. The summed E-state index contributed by atoms with van der Waals surface area (Å²) in [6.45, 7) is 6.17. The van der Waals surface area contributed by atoms with Gasteiger partial charge in [0.05, 0.1) is 6.61 Å². The van der Waals surface area contributed by atoms with Gasteiger partial charge in [-0.3, -0.25) is 9.69 Å². The van der Waals surface area contributed by atoms with Gasteiger partial charge in [-0.15, -0.1) is 0 Å². The molecule has 3 rings (SSSR count). The lowest BCUT2D eigenvalue weighted by Gasteiger charge is -2.49. The van der Waals surface area contributed by atoms with E-state index in [4.69, 9.17) is 4.74 Å². The maximum absolute atomic E-state index is 12.8. The summed E-state index contributed by atoms with van der Waals surface area (Å²) in [5, 5.41) is 0. The number of hydrogen-bond acceptors (Lipinski definition) is 4. The molecule has 1 atom stereocenters. The molecule has 3 aliphatic heterocycles. The van der Waals surface area contributed by atoms with Crippen molar-refractivity contribution in [3.8, 4) is 0 Å². The molecule has 3 amide bonds. The van der Waals surface area contributed by atoms with E-state index in [1.165, 1.54) is 0 Å². The molecular formula is C18H32N4O3. The van der Waals surface area contributed by atoms with Gasteiger partial charge < -0.3 is 19.4 Å². The molecule has 1 spiro atoms. The third-order valence-corrected chi connectivity index (χ3v) is 6.22. The van der Waals surface area contributed by atoms with Crippen molar-refractivity contribution in [2.45, 2.75) is 37.6 Å². The van der Waals surface area contributed by atoms with E-state index in [1.807, 2.05) is 14.7 Å². The average Bonchev–Trinajstić information content (AvgIpc) is 3.10. The van der Waals surface area contributed by atoms with Crippen molar-refractivity contribution in [1.82, 2.24) is 19.6 Å². The van der Waals surface area contributed by atoms with Gasteiger partial charge in [0.25, 0.3) is 0 Å². The molecule has 7 nitrogen and oxygen atoms in total. The van der Waals surface area contributed by atoms with E-state index in [1.54, 1.807) is 7.11 Å². The molecule has 0 N–H and O–H groups in total. The Hall–Kier alpha value is -1.34. The number of urea groups is 1. The zero-order valence-corrected chi connectivity index (χ0v) is 15.7. The number of likely N-dealkylation sites (tertiary alicyclic amines) is 2. The van der Waals surface area contributed by atoms with Gasteiger partial charge in [-0.1, -0.05) is 0 Å². The lowest BCUT2D eigenvalue weighted by Crippen LogP contribution is -2.63. The second-order valence-corrected chi connectivity index (χ2v) is 7.67. The normalized spacial score (nSPS) is 28.7. The van der Waals surface area contributed by atoms with Crippen LogP contribution in [0.3, 0.4) is 0 Å². The van der Waals surface area contributed by atoms with Gasteiger partial charge in [0.1, 0.15) is 0 Å². The fourth-order valence-electron chi connectivity index (χ4n) is 4.40. The highest BCUT2D eigenvalue weighted by atomic mass is 16.5. The fraction of sp³-hybridized carbons (Fsp3) is 0.889. The Morgan fingerprint density at radius 3 is 2.56 bits per heavy atom. The molecule has 0 aromatic carbocycles. The molecule has 0 aromatic rings. The van der Waals surface area contributed by atoms with E-state index >= 15 is 0 Å². The van der Waals surface area contributed by atoms with Crippen molar-refractivity contribution in [3.63, 3.8) is 0 Å². The van der Waals surface area contributed by atoms with Gasteiger partial charge in [0, 0.05) is 64.9 Å². The number of piperazine rings is 1. The first-order valence-corrected chi connectivity index (χ1v) is 9.57. The lowest BCUT2D eigenvalue weighted by molar-refractivity contribution is -0.131. The van der Waals surface area contributed by atoms with E-state index in [2.05, 4.69) is 11.9 Å². The minimum atomic E-state index is -0.0783. The number of amides is 3. The molecule has 3 fully saturated rings. The highest BCUT2D eigenvalue weighted by molar-refractivity contribution is 5.77. The third-order valence-electron chi connectivity index (χ3n) is 6.22. The predicted molar refractivity (Wildman–Crippen MR) is 95.4 cm³/mol. The Bertz CT molecular complexity index is 495. The van der Waals surface area contributed by atoms with Crippen LogP contribution >= 0.6 is 0 Å². The summed E-state index contributed by atoms with van der Waals surface area (Å²) >= 11 is 0. The van der Waals surface area contributed by atoms with Crippen LogP contribution in [-0.4, -0.2) is 104 Å². The smallest absolute Gasteiger partial charge is 0.320 e. The molecule has 3 aliphatic rings. The van der Waals surface area contributed by atoms with Crippen LogP contribution in [0.5, 0.6) is 0 Å². The number of methoxy groups -OCH3 is 1. The summed E-state index contributed by atoms with van der Waals surface area (Å²) in [6, 6.07) is 0.191. The van der Waals surface area contributed by atoms with Crippen molar-refractivity contribution in [2.75, 3.05) is 66.6 Å².